The molecule has 0 aliphatic rings. The quantitative estimate of drug-likeness (QED) is 0.540. The summed E-state index contributed by atoms with van der Waals surface area (Å²) in [6.07, 6.45) is 0.715. The fourth-order valence-corrected chi connectivity index (χ4v) is 1.31. The van der Waals surface area contributed by atoms with Gasteiger partial charge in [0.25, 0.3) is 0 Å². The van der Waals surface area contributed by atoms with Crippen molar-refractivity contribution in [3.63, 3.8) is 0 Å². The van der Waals surface area contributed by atoms with Crippen molar-refractivity contribution in [3.05, 3.63) is 23.8 Å². The van der Waals surface area contributed by atoms with Crippen molar-refractivity contribution in [2.75, 3.05) is 33.5 Å². The SMILES string of the molecule is COc1cccc(C=O)c1OCCOCCO. The number of carbonyl (C=O) groups excluding carboxylic acids is 1. The summed E-state index contributed by atoms with van der Waals surface area (Å²) in [6.45, 7) is 0.891. The zero-order valence-electron chi connectivity index (χ0n) is 9.72. The van der Waals surface area contributed by atoms with Gasteiger partial charge in [-0.15, -0.1) is 0 Å². The van der Waals surface area contributed by atoms with E-state index in [0.717, 1.165) is 0 Å². The van der Waals surface area contributed by atoms with Crippen LogP contribution in [0.3, 0.4) is 0 Å². The molecule has 17 heavy (non-hydrogen) atoms. The van der Waals surface area contributed by atoms with Crippen LogP contribution in [0.5, 0.6) is 11.5 Å². The number of methoxy groups -OCH3 is 1. The van der Waals surface area contributed by atoms with Crippen molar-refractivity contribution in [2.45, 2.75) is 0 Å². The first-order chi connectivity index (χ1) is 8.33. The second-order valence-electron chi connectivity index (χ2n) is 3.18. The first-order valence-corrected chi connectivity index (χ1v) is 5.27. The molecule has 1 N–H and O–H groups in total. The molecule has 0 bridgehead atoms. The Morgan fingerprint density at radius 1 is 1.29 bits per heavy atom. The standard InChI is InChI=1S/C12H16O5/c1-15-11-4-2-3-10(9-14)12(11)17-8-7-16-6-5-13/h2-4,9,13H,5-8H2,1H3. The zero-order valence-corrected chi connectivity index (χ0v) is 9.72. The average molecular weight is 240 g/mol. The summed E-state index contributed by atoms with van der Waals surface area (Å²) in [5, 5.41) is 8.51. The van der Waals surface area contributed by atoms with E-state index in [4.69, 9.17) is 19.3 Å². The molecule has 1 aromatic carbocycles. The number of carbonyl (C=O) groups is 1. The molecule has 0 saturated carbocycles. The van der Waals surface area contributed by atoms with Gasteiger partial charge in [0, 0.05) is 0 Å². The Hall–Kier alpha value is -1.59. The number of aldehydes is 1. The minimum Gasteiger partial charge on any atom is -0.493 e. The fourth-order valence-electron chi connectivity index (χ4n) is 1.31. The maximum atomic E-state index is 10.8. The van der Waals surface area contributed by atoms with Gasteiger partial charge in [-0.1, -0.05) is 6.07 Å². The van der Waals surface area contributed by atoms with Crippen LogP contribution in [0.4, 0.5) is 0 Å². The molecule has 0 aliphatic carbocycles. The second kappa shape index (κ2) is 7.65. The largest absolute Gasteiger partial charge is 0.493 e. The van der Waals surface area contributed by atoms with Gasteiger partial charge in [-0.25, -0.2) is 0 Å². The molecule has 5 heteroatoms. The van der Waals surface area contributed by atoms with Gasteiger partial charge < -0.3 is 19.3 Å². The molecule has 0 unspecified atom stereocenters. The highest BCUT2D eigenvalue weighted by Crippen LogP contribution is 2.29. The Balaban J connectivity index is 2.58. The lowest BCUT2D eigenvalue weighted by atomic mass is 10.2. The number of benzene rings is 1. The average Bonchev–Trinajstić information content (AvgIpc) is 2.38. The first kappa shape index (κ1) is 13.5. The molecule has 1 rings (SSSR count). The molecular weight excluding hydrogens is 224 g/mol. The summed E-state index contributed by atoms with van der Waals surface area (Å²) in [4.78, 5) is 10.8. The highest BCUT2D eigenvalue weighted by Gasteiger charge is 2.09. The summed E-state index contributed by atoms with van der Waals surface area (Å²) in [5.74, 6) is 0.925. The molecule has 1 aromatic rings. The Morgan fingerprint density at radius 2 is 2.12 bits per heavy atom. The smallest absolute Gasteiger partial charge is 0.171 e. The molecule has 5 nitrogen and oxygen atoms in total. The number of ether oxygens (including phenoxy) is 3. The molecule has 0 heterocycles. The number of aliphatic hydroxyl groups excluding tert-OH is 1. The number of hydrogen-bond donors (Lipinski definition) is 1. The highest BCUT2D eigenvalue weighted by molar-refractivity contribution is 5.81. The van der Waals surface area contributed by atoms with Crippen LogP contribution in [-0.4, -0.2) is 44.9 Å². The van der Waals surface area contributed by atoms with E-state index < -0.39 is 0 Å². The summed E-state index contributed by atoms with van der Waals surface area (Å²) in [6, 6.07) is 5.09. The van der Waals surface area contributed by atoms with E-state index in [9.17, 15) is 4.79 Å². The van der Waals surface area contributed by atoms with E-state index >= 15 is 0 Å². The summed E-state index contributed by atoms with van der Waals surface area (Å²) in [7, 11) is 1.51. The van der Waals surface area contributed by atoms with E-state index in [1.54, 1.807) is 18.2 Å². The van der Waals surface area contributed by atoms with E-state index in [2.05, 4.69) is 0 Å². The predicted octanol–water partition coefficient (Wildman–Crippen LogP) is 0.895. The number of hydrogen-bond acceptors (Lipinski definition) is 5. The Morgan fingerprint density at radius 3 is 2.76 bits per heavy atom. The Kier molecular flexibility index (Phi) is 6.06. The van der Waals surface area contributed by atoms with E-state index in [1.807, 2.05) is 0 Å². The molecule has 0 aromatic heterocycles. The molecule has 0 amide bonds. The summed E-state index contributed by atoms with van der Waals surface area (Å²) < 4.78 is 15.6. The van der Waals surface area contributed by atoms with Crippen molar-refractivity contribution in [1.29, 1.82) is 0 Å². The maximum Gasteiger partial charge on any atom is 0.171 e. The highest BCUT2D eigenvalue weighted by atomic mass is 16.5. The molecular formula is C12H16O5. The van der Waals surface area contributed by atoms with Gasteiger partial charge in [-0.05, 0) is 12.1 Å². The topological polar surface area (TPSA) is 65.0 Å². The zero-order chi connectivity index (χ0) is 12.5. The fraction of sp³-hybridized carbons (Fsp3) is 0.417. The molecule has 0 radical (unpaired) electrons. The molecule has 0 atom stereocenters. The van der Waals surface area contributed by atoms with Crippen LogP contribution in [0.15, 0.2) is 18.2 Å². The number of rotatable bonds is 8. The Labute approximate surface area is 99.9 Å². The van der Waals surface area contributed by atoms with Crippen molar-refractivity contribution < 1.29 is 24.1 Å². The lowest BCUT2D eigenvalue weighted by molar-refractivity contribution is 0.0696. The lowest BCUT2D eigenvalue weighted by Crippen LogP contribution is -2.10. The molecule has 0 spiro atoms. The molecule has 0 fully saturated rings. The summed E-state index contributed by atoms with van der Waals surface area (Å²) >= 11 is 0. The van der Waals surface area contributed by atoms with Gasteiger partial charge in [0.1, 0.15) is 6.61 Å². The third-order valence-electron chi connectivity index (χ3n) is 2.07. The van der Waals surface area contributed by atoms with Crippen LogP contribution in [0.1, 0.15) is 10.4 Å². The minimum atomic E-state index is -0.0196. The summed E-state index contributed by atoms with van der Waals surface area (Å²) in [5.41, 5.74) is 0.437. The lowest BCUT2D eigenvalue weighted by Gasteiger charge is -2.12. The van der Waals surface area contributed by atoms with Crippen molar-refractivity contribution in [3.8, 4) is 11.5 Å². The van der Waals surface area contributed by atoms with E-state index in [1.165, 1.54) is 7.11 Å². The van der Waals surface area contributed by atoms with E-state index in [0.29, 0.717) is 36.6 Å². The van der Waals surface area contributed by atoms with Crippen LogP contribution in [0.25, 0.3) is 0 Å². The van der Waals surface area contributed by atoms with E-state index in [-0.39, 0.29) is 13.2 Å². The van der Waals surface area contributed by atoms with Crippen LogP contribution < -0.4 is 9.47 Å². The van der Waals surface area contributed by atoms with Crippen molar-refractivity contribution >= 4 is 6.29 Å². The predicted molar refractivity (Wildman–Crippen MR) is 61.8 cm³/mol. The van der Waals surface area contributed by atoms with Crippen LogP contribution >= 0.6 is 0 Å². The van der Waals surface area contributed by atoms with Gasteiger partial charge in [0.2, 0.25) is 0 Å². The van der Waals surface area contributed by atoms with Crippen LogP contribution in [0, 0.1) is 0 Å². The van der Waals surface area contributed by atoms with Gasteiger partial charge in [-0.2, -0.15) is 0 Å². The van der Waals surface area contributed by atoms with Gasteiger partial charge in [0.15, 0.2) is 17.8 Å². The minimum absolute atomic E-state index is 0.0196. The third kappa shape index (κ3) is 4.05. The second-order valence-corrected chi connectivity index (χ2v) is 3.18. The van der Waals surface area contributed by atoms with Crippen molar-refractivity contribution in [2.24, 2.45) is 0 Å². The van der Waals surface area contributed by atoms with Gasteiger partial charge >= 0.3 is 0 Å². The molecule has 0 aliphatic heterocycles. The molecule has 0 saturated heterocycles. The normalized spacial score (nSPS) is 10.0. The molecule has 94 valence electrons. The monoisotopic (exact) mass is 240 g/mol. The van der Waals surface area contributed by atoms with Crippen molar-refractivity contribution in [1.82, 2.24) is 0 Å². The third-order valence-corrected chi connectivity index (χ3v) is 2.07. The number of para-hydroxylation sites is 1. The van der Waals surface area contributed by atoms with Gasteiger partial charge in [0.05, 0.1) is 32.5 Å². The maximum absolute atomic E-state index is 10.8. The number of aliphatic hydroxyl groups is 1. The Bertz CT molecular complexity index is 351. The van der Waals surface area contributed by atoms with Gasteiger partial charge in [-0.3, -0.25) is 4.79 Å². The first-order valence-electron chi connectivity index (χ1n) is 5.27. The van der Waals surface area contributed by atoms with Crippen LogP contribution in [0.2, 0.25) is 0 Å². The van der Waals surface area contributed by atoms with Crippen LogP contribution in [-0.2, 0) is 4.74 Å².